The van der Waals surface area contributed by atoms with Gasteiger partial charge in [0.1, 0.15) is 5.82 Å². The summed E-state index contributed by atoms with van der Waals surface area (Å²) >= 11 is 7.37. The van der Waals surface area contributed by atoms with Gasteiger partial charge in [-0.3, -0.25) is 9.36 Å². The van der Waals surface area contributed by atoms with Gasteiger partial charge in [0.05, 0.1) is 5.75 Å². The number of hydrogen-bond acceptors (Lipinski definition) is 4. The highest BCUT2D eigenvalue weighted by Gasteiger charge is 2.17. The van der Waals surface area contributed by atoms with Crippen molar-refractivity contribution in [1.82, 2.24) is 14.8 Å². The molecule has 1 amide bonds. The predicted octanol–water partition coefficient (Wildman–Crippen LogP) is 5.77. The summed E-state index contributed by atoms with van der Waals surface area (Å²) in [7, 11) is 0. The maximum Gasteiger partial charge on any atom is 0.234 e. The van der Waals surface area contributed by atoms with Crippen LogP contribution in [0.25, 0.3) is 17.1 Å². The number of amides is 1. The molecule has 31 heavy (non-hydrogen) atoms. The van der Waals surface area contributed by atoms with Crippen LogP contribution in [0.3, 0.4) is 0 Å². The quantitative estimate of drug-likeness (QED) is 0.377. The van der Waals surface area contributed by atoms with Gasteiger partial charge in [-0.25, -0.2) is 4.39 Å². The predicted molar refractivity (Wildman–Crippen MR) is 122 cm³/mol. The molecule has 3 aromatic carbocycles. The molecule has 4 aromatic rings. The summed E-state index contributed by atoms with van der Waals surface area (Å²) in [4.78, 5) is 12.5. The van der Waals surface area contributed by atoms with Crippen molar-refractivity contribution in [3.05, 3.63) is 89.2 Å². The monoisotopic (exact) mass is 452 g/mol. The Morgan fingerprint density at radius 1 is 1.06 bits per heavy atom. The van der Waals surface area contributed by atoms with Crippen LogP contribution in [-0.2, 0) is 4.79 Å². The summed E-state index contributed by atoms with van der Waals surface area (Å²) in [5.41, 5.74) is 3.14. The van der Waals surface area contributed by atoms with Crippen molar-refractivity contribution in [2.75, 3.05) is 11.1 Å². The largest absolute Gasteiger partial charge is 0.325 e. The first kappa shape index (κ1) is 21.1. The molecule has 0 atom stereocenters. The minimum atomic E-state index is -0.330. The van der Waals surface area contributed by atoms with Gasteiger partial charge in [-0.2, -0.15) is 0 Å². The van der Waals surface area contributed by atoms with E-state index in [1.165, 1.54) is 23.9 Å². The Morgan fingerprint density at radius 3 is 2.52 bits per heavy atom. The van der Waals surface area contributed by atoms with E-state index in [1.807, 2.05) is 47.9 Å². The van der Waals surface area contributed by atoms with E-state index in [-0.39, 0.29) is 17.5 Å². The lowest BCUT2D eigenvalue weighted by Crippen LogP contribution is -2.14. The van der Waals surface area contributed by atoms with Gasteiger partial charge in [0.2, 0.25) is 5.91 Å². The van der Waals surface area contributed by atoms with Crippen LogP contribution in [0.2, 0.25) is 5.02 Å². The van der Waals surface area contributed by atoms with Crippen LogP contribution in [0.1, 0.15) is 5.56 Å². The first-order valence-electron chi connectivity index (χ1n) is 9.47. The molecule has 8 heteroatoms. The van der Waals surface area contributed by atoms with E-state index in [2.05, 4.69) is 15.5 Å². The van der Waals surface area contributed by atoms with Crippen molar-refractivity contribution >= 4 is 35.0 Å². The standard InChI is InChI=1S/C23H18ClFN4OS/c1-15-7-10-18(13-20(15)24)26-21(30)14-31-23-28-27-22(16-5-3-2-4-6-16)29(23)19-11-8-17(25)9-12-19/h2-13H,14H2,1H3,(H,26,30). The highest BCUT2D eigenvalue weighted by Crippen LogP contribution is 2.28. The fourth-order valence-corrected chi connectivity index (χ4v) is 3.89. The number of halogens is 2. The summed E-state index contributed by atoms with van der Waals surface area (Å²) in [5, 5.41) is 12.6. The maximum atomic E-state index is 13.5. The Kier molecular flexibility index (Phi) is 6.34. The molecule has 0 saturated heterocycles. The van der Waals surface area contributed by atoms with Gasteiger partial charge in [0, 0.05) is 22.0 Å². The second-order valence-electron chi connectivity index (χ2n) is 6.78. The second-order valence-corrected chi connectivity index (χ2v) is 8.13. The fourth-order valence-electron chi connectivity index (χ4n) is 2.96. The van der Waals surface area contributed by atoms with E-state index < -0.39 is 0 Å². The highest BCUT2D eigenvalue weighted by atomic mass is 35.5. The number of nitrogens with zero attached hydrogens (tertiary/aromatic N) is 3. The topological polar surface area (TPSA) is 59.8 Å². The van der Waals surface area contributed by atoms with E-state index in [4.69, 9.17) is 11.6 Å². The van der Waals surface area contributed by atoms with E-state index in [0.717, 1.165) is 11.1 Å². The van der Waals surface area contributed by atoms with Crippen LogP contribution in [0.15, 0.2) is 78.0 Å². The molecule has 4 rings (SSSR count). The zero-order chi connectivity index (χ0) is 21.8. The van der Waals surface area contributed by atoms with E-state index in [0.29, 0.717) is 27.4 Å². The van der Waals surface area contributed by atoms with Gasteiger partial charge < -0.3 is 5.32 Å². The summed E-state index contributed by atoms with van der Waals surface area (Å²) in [6, 6.07) is 21.0. The maximum absolute atomic E-state index is 13.5. The summed E-state index contributed by atoms with van der Waals surface area (Å²) < 4.78 is 15.3. The van der Waals surface area contributed by atoms with Crippen LogP contribution in [0.5, 0.6) is 0 Å². The number of nitrogens with one attached hydrogen (secondary N) is 1. The number of rotatable bonds is 6. The molecule has 1 aromatic heterocycles. The SMILES string of the molecule is Cc1ccc(NC(=O)CSc2nnc(-c3ccccc3)n2-c2ccc(F)cc2)cc1Cl. The van der Waals surface area contributed by atoms with E-state index in [1.54, 1.807) is 24.3 Å². The van der Waals surface area contributed by atoms with Crippen molar-refractivity contribution in [2.24, 2.45) is 0 Å². The molecule has 0 bridgehead atoms. The molecule has 0 aliphatic rings. The minimum absolute atomic E-state index is 0.125. The third-order valence-electron chi connectivity index (χ3n) is 4.54. The Bertz CT molecular complexity index is 1210. The number of carbonyl (C=O) groups excluding carboxylic acids is 1. The fraction of sp³-hybridized carbons (Fsp3) is 0.0870. The molecule has 0 spiro atoms. The Labute approximate surface area is 188 Å². The number of hydrogen-bond donors (Lipinski definition) is 1. The molecule has 0 aliphatic heterocycles. The van der Waals surface area contributed by atoms with Crippen molar-refractivity contribution in [3.8, 4) is 17.1 Å². The van der Waals surface area contributed by atoms with Crippen LogP contribution < -0.4 is 5.32 Å². The first-order valence-corrected chi connectivity index (χ1v) is 10.8. The average Bonchev–Trinajstić information content (AvgIpc) is 3.20. The van der Waals surface area contributed by atoms with Gasteiger partial charge in [0.25, 0.3) is 0 Å². The third-order valence-corrected chi connectivity index (χ3v) is 5.87. The van der Waals surface area contributed by atoms with Gasteiger partial charge in [-0.15, -0.1) is 10.2 Å². The second kappa shape index (κ2) is 9.32. The zero-order valence-electron chi connectivity index (χ0n) is 16.5. The molecule has 0 saturated carbocycles. The zero-order valence-corrected chi connectivity index (χ0v) is 18.1. The van der Waals surface area contributed by atoms with Crippen LogP contribution >= 0.6 is 23.4 Å². The summed E-state index contributed by atoms with van der Waals surface area (Å²) in [6.07, 6.45) is 0. The van der Waals surface area contributed by atoms with Crippen LogP contribution in [0, 0.1) is 12.7 Å². The van der Waals surface area contributed by atoms with E-state index in [9.17, 15) is 9.18 Å². The lowest BCUT2D eigenvalue weighted by atomic mass is 10.2. The van der Waals surface area contributed by atoms with Gasteiger partial charge >= 0.3 is 0 Å². The average molecular weight is 453 g/mol. The van der Waals surface area contributed by atoms with Crippen molar-refractivity contribution in [3.63, 3.8) is 0 Å². The van der Waals surface area contributed by atoms with Crippen molar-refractivity contribution in [2.45, 2.75) is 12.1 Å². The number of benzene rings is 3. The van der Waals surface area contributed by atoms with Crippen molar-refractivity contribution < 1.29 is 9.18 Å². The highest BCUT2D eigenvalue weighted by molar-refractivity contribution is 7.99. The molecule has 0 unspecified atom stereocenters. The lowest BCUT2D eigenvalue weighted by molar-refractivity contribution is -0.113. The van der Waals surface area contributed by atoms with Gasteiger partial charge in [-0.05, 0) is 48.9 Å². The van der Waals surface area contributed by atoms with E-state index >= 15 is 0 Å². The molecule has 0 radical (unpaired) electrons. The third kappa shape index (κ3) is 4.95. The Hall–Kier alpha value is -3.16. The molecule has 1 N–H and O–H groups in total. The summed E-state index contributed by atoms with van der Waals surface area (Å²) in [6.45, 7) is 1.90. The number of aromatic nitrogens is 3. The van der Waals surface area contributed by atoms with Gasteiger partial charge in [-0.1, -0.05) is 59.8 Å². The molecule has 1 heterocycles. The molecular weight excluding hydrogens is 435 g/mol. The molecule has 156 valence electrons. The molecule has 0 aliphatic carbocycles. The smallest absolute Gasteiger partial charge is 0.234 e. The molecular formula is C23H18ClFN4OS. The minimum Gasteiger partial charge on any atom is -0.325 e. The van der Waals surface area contributed by atoms with Crippen molar-refractivity contribution in [1.29, 1.82) is 0 Å². The Balaban J connectivity index is 1.57. The number of carbonyl (C=O) groups is 1. The van der Waals surface area contributed by atoms with Crippen LogP contribution in [-0.4, -0.2) is 26.4 Å². The molecule has 5 nitrogen and oxygen atoms in total. The van der Waals surface area contributed by atoms with Crippen LogP contribution in [0.4, 0.5) is 10.1 Å². The summed E-state index contributed by atoms with van der Waals surface area (Å²) in [5.74, 6) is 0.211. The molecule has 0 fully saturated rings. The lowest BCUT2D eigenvalue weighted by Gasteiger charge is -2.11. The number of thioether (sulfide) groups is 1. The number of aryl methyl sites for hydroxylation is 1. The Morgan fingerprint density at radius 2 is 1.81 bits per heavy atom. The first-order chi connectivity index (χ1) is 15.0. The normalized spacial score (nSPS) is 10.8. The van der Waals surface area contributed by atoms with Gasteiger partial charge in [0.15, 0.2) is 11.0 Å². The number of anilines is 1.